The Balaban J connectivity index is 1.77. The first-order chi connectivity index (χ1) is 10.8. The zero-order valence-electron chi connectivity index (χ0n) is 13.6. The van der Waals surface area contributed by atoms with E-state index in [0.717, 1.165) is 15.7 Å². The maximum absolute atomic E-state index is 12.3. The molecular weight excluding hydrogens is 360 g/mol. The van der Waals surface area contributed by atoms with Gasteiger partial charge in [0.25, 0.3) is 0 Å². The third-order valence-electron chi connectivity index (χ3n) is 3.69. The van der Waals surface area contributed by atoms with Gasteiger partial charge in [-0.15, -0.1) is 0 Å². The Hall–Kier alpha value is -1.53. The summed E-state index contributed by atoms with van der Waals surface area (Å²) in [4.78, 5) is 14.0. The second-order valence-corrected chi connectivity index (χ2v) is 7.52. The van der Waals surface area contributed by atoms with E-state index in [2.05, 4.69) is 26.4 Å². The molecule has 124 valence electrons. The summed E-state index contributed by atoms with van der Waals surface area (Å²) in [5.74, 6) is 0. The van der Waals surface area contributed by atoms with Crippen LogP contribution in [0.5, 0.6) is 0 Å². The van der Waals surface area contributed by atoms with Gasteiger partial charge < -0.3 is 18.8 Å². The van der Waals surface area contributed by atoms with Crippen molar-refractivity contribution >= 4 is 27.5 Å². The zero-order valence-corrected chi connectivity index (χ0v) is 15.2. The molecule has 23 heavy (non-hydrogen) atoms. The van der Waals surface area contributed by atoms with Crippen LogP contribution in [0.25, 0.3) is 5.52 Å². The van der Waals surface area contributed by atoms with Gasteiger partial charge in [0.05, 0.1) is 17.8 Å². The third kappa shape index (κ3) is 3.70. The lowest BCUT2D eigenvalue weighted by Gasteiger charge is -2.34. The molecule has 0 aliphatic carbocycles. The average Bonchev–Trinajstić information content (AvgIpc) is 2.91. The van der Waals surface area contributed by atoms with Crippen molar-refractivity contribution in [3.8, 4) is 0 Å². The van der Waals surface area contributed by atoms with E-state index < -0.39 is 5.60 Å². The fourth-order valence-electron chi connectivity index (χ4n) is 2.64. The number of fused-ring (bicyclic) bond motifs is 1. The summed E-state index contributed by atoms with van der Waals surface area (Å²) in [5, 5.41) is 0. The van der Waals surface area contributed by atoms with E-state index in [0.29, 0.717) is 19.7 Å². The van der Waals surface area contributed by atoms with Crippen molar-refractivity contribution in [1.82, 2.24) is 9.30 Å². The third-order valence-corrected chi connectivity index (χ3v) is 4.34. The number of hydrogen-bond donors (Lipinski definition) is 0. The maximum Gasteiger partial charge on any atom is 0.410 e. The van der Waals surface area contributed by atoms with Crippen LogP contribution in [-0.4, -0.2) is 40.7 Å². The molecule has 0 aromatic carbocycles. The van der Waals surface area contributed by atoms with Gasteiger partial charge in [-0.1, -0.05) is 6.07 Å². The van der Waals surface area contributed by atoms with Crippen molar-refractivity contribution in [3.05, 3.63) is 40.6 Å². The lowest BCUT2D eigenvalue weighted by Crippen LogP contribution is -2.44. The quantitative estimate of drug-likeness (QED) is 0.701. The molecule has 0 saturated carbocycles. The van der Waals surface area contributed by atoms with Crippen LogP contribution in [0.1, 0.15) is 32.4 Å². The summed E-state index contributed by atoms with van der Waals surface area (Å²) in [6, 6.07) is 8.13. The van der Waals surface area contributed by atoms with Crippen molar-refractivity contribution < 1.29 is 14.3 Å². The van der Waals surface area contributed by atoms with E-state index in [-0.39, 0.29) is 12.2 Å². The topological polar surface area (TPSA) is 43.2 Å². The van der Waals surface area contributed by atoms with Crippen LogP contribution in [0.3, 0.4) is 0 Å². The maximum atomic E-state index is 12.3. The van der Waals surface area contributed by atoms with Crippen molar-refractivity contribution in [2.45, 2.75) is 32.5 Å². The number of nitrogens with zero attached hydrogens (tertiary/aromatic N) is 2. The predicted molar refractivity (Wildman–Crippen MR) is 91.6 cm³/mol. The summed E-state index contributed by atoms with van der Waals surface area (Å²) in [7, 11) is 0. The molecule has 6 heteroatoms. The minimum Gasteiger partial charge on any atom is -0.444 e. The number of amides is 1. The number of carbonyl (C=O) groups excluding carboxylic acids is 1. The van der Waals surface area contributed by atoms with Gasteiger partial charge in [-0.3, -0.25) is 0 Å². The van der Waals surface area contributed by atoms with Crippen molar-refractivity contribution in [2.75, 3.05) is 19.7 Å². The van der Waals surface area contributed by atoms with Gasteiger partial charge in [-0.05, 0) is 54.9 Å². The summed E-state index contributed by atoms with van der Waals surface area (Å²) in [6.45, 7) is 7.20. The fraction of sp³-hybridized carbons (Fsp3) is 0.471. The number of halogens is 1. The Morgan fingerprint density at radius 1 is 1.39 bits per heavy atom. The van der Waals surface area contributed by atoms with Crippen LogP contribution in [0.15, 0.2) is 35.1 Å². The molecule has 1 aliphatic rings. The molecule has 0 unspecified atom stereocenters. The van der Waals surface area contributed by atoms with Crippen molar-refractivity contribution in [2.24, 2.45) is 0 Å². The van der Waals surface area contributed by atoms with E-state index in [4.69, 9.17) is 9.47 Å². The SMILES string of the molecule is CC(C)(C)OC(=O)N1CCO[C@@H](c2cc3cccc(Br)n3c2)C1. The molecule has 2 aromatic heterocycles. The van der Waals surface area contributed by atoms with Gasteiger partial charge >= 0.3 is 6.09 Å². The van der Waals surface area contributed by atoms with E-state index in [1.165, 1.54) is 0 Å². The molecule has 1 saturated heterocycles. The molecule has 2 aromatic rings. The second-order valence-electron chi connectivity index (χ2n) is 6.70. The smallest absolute Gasteiger partial charge is 0.410 e. The molecule has 1 amide bonds. The van der Waals surface area contributed by atoms with Gasteiger partial charge in [0, 0.05) is 23.8 Å². The van der Waals surface area contributed by atoms with Crippen LogP contribution in [0, 0.1) is 0 Å². The normalized spacial score (nSPS) is 19.1. The number of pyridine rings is 1. The molecule has 1 fully saturated rings. The van der Waals surface area contributed by atoms with Crippen LogP contribution in [0.2, 0.25) is 0 Å². The molecular formula is C17H21BrN2O3. The molecule has 1 atom stereocenters. The molecule has 0 radical (unpaired) electrons. The number of rotatable bonds is 1. The van der Waals surface area contributed by atoms with Gasteiger partial charge in [-0.25, -0.2) is 4.79 Å². The number of carbonyl (C=O) groups is 1. The lowest BCUT2D eigenvalue weighted by atomic mass is 10.1. The van der Waals surface area contributed by atoms with Gasteiger partial charge in [-0.2, -0.15) is 0 Å². The Labute approximate surface area is 144 Å². The van der Waals surface area contributed by atoms with Crippen LogP contribution < -0.4 is 0 Å². The first-order valence-electron chi connectivity index (χ1n) is 7.69. The first kappa shape index (κ1) is 16.3. The molecule has 3 heterocycles. The minimum atomic E-state index is -0.486. The monoisotopic (exact) mass is 380 g/mol. The van der Waals surface area contributed by atoms with E-state index in [9.17, 15) is 4.79 Å². The summed E-state index contributed by atoms with van der Waals surface area (Å²) in [5.41, 5.74) is 1.66. The number of morpholine rings is 1. The summed E-state index contributed by atoms with van der Waals surface area (Å²) < 4.78 is 14.4. The Morgan fingerprint density at radius 3 is 2.87 bits per heavy atom. The molecule has 0 bridgehead atoms. The average molecular weight is 381 g/mol. The summed E-state index contributed by atoms with van der Waals surface area (Å²) >= 11 is 3.54. The molecule has 3 rings (SSSR count). The lowest BCUT2D eigenvalue weighted by molar-refractivity contribution is -0.0432. The fourth-order valence-corrected chi connectivity index (χ4v) is 3.10. The van der Waals surface area contributed by atoms with Crippen molar-refractivity contribution in [1.29, 1.82) is 0 Å². The van der Waals surface area contributed by atoms with Gasteiger partial charge in [0.1, 0.15) is 11.7 Å². The highest BCUT2D eigenvalue weighted by Gasteiger charge is 2.29. The molecule has 5 nitrogen and oxygen atoms in total. The Kier molecular flexibility index (Phi) is 4.38. The van der Waals surface area contributed by atoms with Gasteiger partial charge in [0.2, 0.25) is 0 Å². The van der Waals surface area contributed by atoms with Gasteiger partial charge in [0.15, 0.2) is 0 Å². The largest absolute Gasteiger partial charge is 0.444 e. The van der Waals surface area contributed by atoms with E-state index >= 15 is 0 Å². The highest BCUT2D eigenvalue weighted by Crippen LogP contribution is 2.27. The zero-order chi connectivity index (χ0) is 16.6. The highest BCUT2D eigenvalue weighted by atomic mass is 79.9. The van der Waals surface area contributed by atoms with E-state index in [1.54, 1.807) is 4.90 Å². The Morgan fingerprint density at radius 2 is 2.17 bits per heavy atom. The number of ether oxygens (including phenoxy) is 2. The standard InChI is InChI=1S/C17H21BrN2O3/c1-17(2,3)23-16(21)19-7-8-22-14(11-19)12-9-13-5-4-6-15(18)20(13)10-12/h4-6,9-10,14H,7-8,11H2,1-3H3/t14-/m1/s1. The summed E-state index contributed by atoms with van der Waals surface area (Å²) in [6.07, 6.45) is 1.63. The van der Waals surface area contributed by atoms with Crippen LogP contribution >= 0.6 is 15.9 Å². The Bertz CT molecular complexity index is 720. The number of aromatic nitrogens is 1. The van der Waals surface area contributed by atoms with Crippen molar-refractivity contribution in [3.63, 3.8) is 0 Å². The molecule has 1 aliphatic heterocycles. The number of hydrogen-bond acceptors (Lipinski definition) is 3. The molecule has 0 N–H and O–H groups in total. The predicted octanol–water partition coefficient (Wildman–Crippen LogP) is 4.01. The minimum absolute atomic E-state index is 0.136. The first-order valence-corrected chi connectivity index (χ1v) is 8.49. The molecule has 0 spiro atoms. The van der Waals surface area contributed by atoms with E-state index in [1.807, 2.05) is 45.2 Å². The second kappa shape index (κ2) is 6.17. The highest BCUT2D eigenvalue weighted by molar-refractivity contribution is 9.10. The van der Waals surface area contributed by atoms with Crippen LogP contribution in [-0.2, 0) is 9.47 Å². The van der Waals surface area contributed by atoms with Crippen LogP contribution in [0.4, 0.5) is 4.79 Å².